The average molecular weight is 235 g/mol. The lowest BCUT2D eigenvalue weighted by Crippen LogP contribution is -2.46. The molecule has 0 radical (unpaired) electrons. The third-order valence-corrected chi connectivity index (χ3v) is 6.05. The van der Waals surface area contributed by atoms with Crippen LogP contribution in [0.4, 0.5) is 0 Å². The Labute approximate surface area is 107 Å². The van der Waals surface area contributed by atoms with Gasteiger partial charge < -0.3 is 5.73 Å². The number of hydrogen-bond acceptors (Lipinski definition) is 1. The minimum Gasteiger partial charge on any atom is -0.330 e. The van der Waals surface area contributed by atoms with Crippen LogP contribution in [-0.2, 0) is 0 Å². The molecule has 0 spiro atoms. The zero-order valence-electron chi connectivity index (χ0n) is 11.7. The summed E-state index contributed by atoms with van der Waals surface area (Å²) in [5.41, 5.74) is 7.00. The molecule has 0 aromatic heterocycles. The minimum absolute atomic E-state index is 0.364. The largest absolute Gasteiger partial charge is 0.330 e. The van der Waals surface area contributed by atoms with Crippen molar-refractivity contribution in [2.75, 3.05) is 6.54 Å². The van der Waals surface area contributed by atoms with Gasteiger partial charge in [-0.3, -0.25) is 0 Å². The average Bonchev–Trinajstić information content (AvgIpc) is 2.25. The summed E-state index contributed by atoms with van der Waals surface area (Å²) in [5.74, 6) is 3.30. The van der Waals surface area contributed by atoms with E-state index in [1.54, 1.807) is 38.5 Å². The van der Waals surface area contributed by atoms with Crippen LogP contribution in [0.5, 0.6) is 0 Å². The Kier molecular flexibility index (Phi) is 2.81. The molecule has 98 valence electrons. The van der Waals surface area contributed by atoms with Crippen molar-refractivity contribution in [2.45, 2.75) is 65.2 Å². The van der Waals surface area contributed by atoms with Crippen LogP contribution in [-0.4, -0.2) is 6.54 Å². The number of rotatable bonds is 4. The fraction of sp³-hybridized carbons (Fsp3) is 1.00. The van der Waals surface area contributed by atoms with Gasteiger partial charge >= 0.3 is 0 Å². The van der Waals surface area contributed by atoms with Crippen LogP contribution >= 0.6 is 0 Å². The molecule has 4 rings (SSSR count). The van der Waals surface area contributed by atoms with E-state index in [1.807, 2.05) is 0 Å². The summed E-state index contributed by atoms with van der Waals surface area (Å²) in [4.78, 5) is 0. The zero-order valence-corrected chi connectivity index (χ0v) is 11.7. The fourth-order valence-corrected chi connectivity index (χ4v) is 5.30. The van der Waals surface area contributed by atoms with Gasteiger partial charge in [0.1, 0.15) is 0 Å². The van der Waals surface area contributed by atoms with Crippen LogP contribution in [0.2, 0.25) is 0 Å². The summed E-state index contributed by atoms with van der Waals surface area (Å²) in [5, 5.41) is 0. The first-order chi connectivity index (χ1) is 8.00. The van der Waals surface area contributed by atoms with Gasteiger partial charge in [-0.25, -0.2) is 0 Å². The molecular weight excluding hydrogens is 206 g/mol. The van der Waals surface area contributed by atoms with Crippen molar-refractivity contribution in [3.05, 3.63) is 0 Å². The SMILES string of the molecule is CC(C)(CN)CCC12CC3CC(CC(C3)C1)C2. The summed E-state index contributed by atoms with van der Waals surface area (Å²) in [6, 6.07) is 0. The molecule has 2 N–H and O–H groups in total. The lowest BCUT2D eigenvalue weighted by atomic mass is 9.48. The van der Waals surface area contributed by atoms with E-state index in [0.29, 0.717) is 5.41 Å². The van der Waals surface area contributed by atoms with E-state index in [9.17, 15) is 0 Å². The Bertz CT molecular complexity index is 257. The molecule has 4 fully saturated rings. The molecule has 0 amide bonds. The topological polar surface area (TPSA) is 26.0 Å². The van der Waals surface area contributed by atoms with Gasteiger partial charge in [-0.2, -0.15) is 0 Å². The van der Waals surface area contributed by atoms with Crippen LogP contribution in [0.1, 0.15) is 65.2 Å². The second-order valence-corrected chi connectivity index (χ2v) is 8.29. The highest BCUT2D eigenvalue weighted by Gasteiger charge is 2.50. The molecule has 4 saturated carbocycles. The maximum atomic E-state index is 5.88. The molecule has 4 aliphatic rings. The lowest BCUT2D eigenvalue weighted by molar-refractivity contribution is -0.0620. The Hall–Kier alpha value is -0.0400. The molecule has 0 aromatic rings. The predicted octanol–water partition coefficient (Wildman–Crippen LogP) is 3.97. The molecule has 0 unspecified atom stereocenters. The predicted molar refractivity (Wildman–Crippen MR) is 72.7 cm³/mol. The van der Waals surface area contributed by atoms with Gasteiger partial charge in [0, 0.05) is 0 Å². The van der Waals surface area contributed by atoms with Gasteiger partial charge in [-0.1, -0.05) is 13.8 Å². The monoisotopic (exact) mass is 235 g/mol. The summed E-state index contributed by atoms with van der Waals surface area (Å²) in [6.07, 6.45) is 12.2. The normalized spacial score (nSPS) is 44.3. The minimum atomic E-state index is 0.364. The van der Waals surface area contributed by atoms with Crippen molar-refractivity contribution in [1.29, 1.82) is 0 Å². The van der Waals surface area contributed by atoms with Crippen LogP contribution in [0.15, 0.2) is 0 Å². The third kappa shape index (κ3) is 2.28. The molecule has 0 saturated heterocycles. The van der Waals surface area contributed by atoms with Gasteiger partial charge in [0.05, 0.1) is 0 Å². The van der Waals surface area contributed by atoms with E-state index in [2.05, 4.69) is 13.8 Å². The van der Waals surface area contributed by atoms with Gasteiger partial charge in [0.2, 0.25) is 0 Å². The van der Waals surface area contributed by atoms with Crippen molar-refractivity contribution in [2.24, 2.45) is 34.3 Å². The number of hydrogen-bond donors (Lipinski definition) is 1. The van der Waals surface area contributed by atoms with Crippen molar-refractivity contribution in [1.82, 2.24) is 0 Å². The maximum Gasteiger partial charge on any atom is -0.00258 e. The second-order valence-electron chi connectivity index (χ2n) is 8.29. The summed E-state index contributed by atoms with van der Waals surface area (Å²) >= 11 is 0. The molecule has 4 aliphatic carbocycles. The highest BCUT2D eigenvalue weighted by molar-refractivity contribution is 5.01. The third-order valence-electron chi connectivity index (χ3n) is 6.05. The van der Waals surface area contributed by atoms with E-state index in [0.717, 1.165) is 29.7 Å². The molecule has 1 heteroatoms. The Morgan fingerprint density at radius 3 is 1.88 bits per heavy atom. The first-order valence-corrected chi connectivity index (χ1v) is 7.70. The Morgan fingerprint density at radius 2 is 1.47 bits per heavy atom. The molecular formula is C16H29N. The van der Waals surface area contributed by atoms with E-state index in [4.69, 9.17) is 5.73 Å². The first-order valence-electron chi connectivity index (χ1n) is 7.70. The van der Waals surface area contributed by atoms with Gasteiger partial charge in [0.25, 0.3) is 0 Å². The van der Waals surface area contributed by atoms with Crippen LogP contribution in [0, 0.1) is 28.6 Å². The number of nitrogens with two attached hydrogens (primary N) is 1. The molecule has 1 nitrogen and oxygen atoms in total. The van der Waals surface area contributed by atoms with E-state index in [-0.39, 0.29) is 0 Å². The van der Waals surface area contributed by atoms with Crippen molar-refractivity contribution in [3.63, 3.8) is 0 Å². The lowest BCUT2D eigenvalue weighted by Gasteiger charge is -2.57. The van der Waals surface area contributed by atoms with E-state index >= 15 is 0 Å². The van der Waals surface area contributed by atoms with Crippen molar-refractivity contribution >= 4 is 0 Å². The van der Waals surface area contributed by atoms with Gasteiger partial charge in [0.15, 0.2) is 0 Å². The quantitative estimate of drug-likeness (QED) is 0.784. The standard InChI is InChI=1S/C16H29N/c1-15(2,11-17)3-4-16-8-12-5-13(9-16)7-14(6-12)10-16/h12-14H,3-11,17H2,1-2H3. The fourth-order valence-electron chi connectivity index (χ4n) is 5.30. The van der Waals surface area contributed by atoms with Crippen LogP contribution in [0.3, 0.4) is 0 Å². The van der Waals surface area contributed by atoms with E-state index in [1.165, 1.54) is 12.8 Å². The molecule has 0 atom stereocenters. The highest BCUT2D eigenvalue weighted by atomic mass is 14.6. The Morgan fingerprint density at radius 1 is 1.00 bits per heavy atom. The Balaban J connectivity index is 1.66. The zero-order chi connectivity index (χ0) is 12.1. The molecule has 0 aromatic carbocycles. The first kappa shape index (κ1) is 12.0. The molecule has 4 bridgehead atoms. The van der Waals surface area contributed by atoms with Gasteiger partial charge in [-0.15, -0.1) is 0 Å². The summed E-state index contributed by atoms with van der Waals surface area (Å²) in [7, 11) is 0. The smallest absolute Gasteiger partial charge is 0.00258 e. The van der Waals surface area contributed by atoms with Crippen molar-refractivity contribution in [3.8, 4) is 0 Å². The highest BCUT2D eigenvalue weighted by Crippen LogP contribution is 2.62. The summed E-state index contributed by atoms with van der Waals surface area (Å²) < 4.78 is 0. The molecule has 17 heavy (non-hydrogen) atoms. The van der Waals surface area contributed by atoms with Crippen LogP contribution < -0.4 is 5.73 Å². The summed E-state index contributed by atoms with van der Waals surface area (Å²) in [6.45, 7) is 5.53. The molecule has 0 heterocycles. The van der Waals surface area contributed by atoms with E-state index < -0.39 is 0 Å². The second kappa shape index (κ2) is 3.98. The van der Waals surface area contributed by atoms with Gasteiger partial charge in [-0.05, 0) is 86.5 Å². The maximum absolute atomic E-state index is 5.88. The van der Waals surface area contributed by atoms with Crippen LogP contribution in [0.25, 0.3) is 0 Å². The molecule has 0 aliphatic heterocycles. The van der Waals surface area contributed by atoms with Crippen molar-refractivity contribution < 1.29 is 0 Å².